The topological polar surface area (TPSA) is 105 Å². The van der Waals surface area contributed by atoms with E-state index in [2.05, 4.69) is 9.97 Å². The molecule has 0 fully saturated rings. The second kappa shape index (κ2) is 8.79. The van der Waals surface area contributed by atoms with Crippen LogP contribution in [-0.2, 0) is 0 Å². The van der Waals surface area contributed by atoms with Gasteiger partial charge in [-0.25, -0.2) is 4.79 Å². The van der Waals surface area contributed by atoms with E-state index in [1.807, 2.05) is 0 Å². The van der Waals surface area contributed by atoms with Crippen LogP contribution in [-0.4, -0.2) is 34.4 Å². The number of H-pyrrole nitrogens is 1. The number of aromatic hydroxyl groups is 2. The summed E-state index contributed by atoms with van der Waals surface area (Å²) in [5.74, 6) is 0.833. The maximum Gasteiger partial charge on any atom is 0.345 e. The van der Waals surface area contributed by atoms with Crippen LogP contribution in [0.1, 0.15) is 22.5 Å². The molecule has 1 heterocycles. The zero-order valence-corrected chi connectivity index (χ0v) is 15.9. The van der Waals surface area contributed by atoms with Gasteiger partial charge in [-0.3, -0.25) is 0 Å². The smallest absolute Gasteiger partial charge is 0.345 e. The second-order valence-corrected chi connectivity index (χ2v) is 6.10. The molecule has 7 heteroatoms. The molecule has 0 atom stereocenters. The number of phenols is 2. The zero-order valence-electron chi connectivity index (χ0n) is 15.9. The standard InChI is InChI=1S/C22H20N2O5/c1-28-20-11-14(5-9-18(20)25)3-7-16-13-17(24-22(27)23-16)8-4-15-6-10-19(26)21(12-15)29-2/h3-13,25-26H,1-2H3,(H,23,24,27)/b7-3+,8-4+. The van der Waals surface area contributed by atoms with Crippen molar-refractivity contribution >= 4 is 24.3 Å². The molecule has 0 radical (unpaired) electrons. The Balaban J connectivity index is 1.84. The number of nitrogens with one attached hydrogen (secondary N) is 1. The highest BCUT2D eigenvalue weighted by atomic mass is 16.5. The van der Waals surface area contributed by atoms with E-state index < -0.39 is 5.69 Å². The Kier molecular flexibility index (Phi) is 5.99. The zero-order chi connectivity index (χ0) is 20.8. The van der Waals surface area contributed by atoms with Gasteiger partial charge in [-0.05, 0) is 53.6 Å². The maximum atomic E-state index is 11.9. The van der Waals surface area contributed by atoms with E-state index >= 15 is 0 Å². The predicted molar refractivity (Wildman–Crippen MR) is 112 cm³/mol. The van der Waals surface area contributed by atoms with Crippen molar-refractivity contribution in [1.29, 1.82) is 0 Å². The number of methoxy groups -OCH3 is 2. The van der Waals surface area contributed by atoms with Gasteiger partial charge in [0.2, 0.25) is 0 Å². The Morgan fingerprint density at radius 1 is 0.828 bits per heavy atom. The molecule has 0 aliphatic heterocycles. The molecule has 3 N–H and O–H groups in total. The molecule has 0 bridgehead atoms. The monoisotopic (exact) mass is 392 g/mol. The number of ether oxygens (including phenoxy) is 2. The average Bonchev–Trinajstić information content (AvgIpc) is 2.72. The minimum atomic E-state index is -0.474. The highest BCUT2D eigenvalue weighted by Crippen LogP contribution is 2.28. The van der Waals surface area contributed by atoms with Crippen LogP contribution < -0.4 is 15.2 Å². The van der Waals surface area contributed by atoms with Crippen LogP contribution in [0.25, 0.3) is 24.3 Å². The SMILES string of the molecule is COc1cc(/C=C/c2cc(/C=C/c3ccc(O)c(OC)c3)[nH]c(=O)n2)ccc1O. The van der Waals surface area contributed by atoms with Crippen LogP contribution in [0.15, 0.2) is 47.3 Å². The number of phenolic OH excluding ortho intramolecular Hbond substituents is 2. The summed E-state index contributed by atoms with van der Waals surface area (Å²) in [6.45, 7) is 0. The van der Waals surface area contributed by atoms with E-state index in [1.54, 1.807) is 54.6 Å². The summed E-state index contributed by atoms with van der Waals surface area (Å²) in [6, 6.07) is 11.6. The fraction of sp³-hybridized carbons (Fsp3) is 0.0909. The van der Waals surface area contributed by atoms with Crippen LogP contribution >= 0.6 is 0 Å². The molecule has 3 rings (SSSR count). The quantitative estimate of drug-likeness (QED) is 0.593. The normalized spacial score (nSPS) is 11.2. The predicted octanol–water partition coefficient (Wildman–Crippen LogP) is 3.54. The Morgan fingerprint density at radius 2 is 1.38 bits per heavy atom. The van der Waals surface area contributed by atoms with Crippen LogP contribution in [0.3, 0.4) is 0 Å². The molecule has 0 saturated carbocycles. The number of hydrogen-bond donors (Lipinski definition) is 3. The van der Waals surface area contributed by atoms with Crippen molar-refractivity contribution in [3.05, 3.63) is 75.5 Å². The highest BCUT2D eigenvalue weighted by Gasteiger charge is 2.02. The number of benzene rings is 2. The lowest BCUT2D eigenvalue weighted by Gasteiger charge is -2.04. The third kappa shape index (κ3) is 5.04. The van der Waals surface area contributed by atoms with Gasteiger partial charge in [0.05, 0.1) is 19.9 Å². The number of aromatic nitrogens is 2. The van der Waals surface area contributed by atoms with E-state index in [0.29, 0.717) is 22.9 Å². The summed E-state index contributed by atoms with van der Waals surface area (Å²) in [5, 5.41) is 19.3. The van der Waals surface area contributed by atoms with Crippen molar-refractivity contribution in [3.63, 3.8) is 0 Å². The lowest BCUT2D eigenvalue weighted by Crippen LogP contribution is -2.12. The van der Waals surface area contributed by atoms with Gasteiger partial charge in [0.1, 0.15) is 0 Å². The fourth-order valence-electron chi connectivity index (χ4n) is 2.63. The van der Waals surface area contributed by atoms with Crippen molar-refractivity contribution < 1.29 is 19.7 Å². The van der Waals surface area contributed by atoms with Gasteiger partial charge in [-0.15, -0.1) is 0 Å². The number of rotatable bonds is 6. The van der Waals surface area contributed by atoms with Crippen LogP contribution in [0, 0.1) is 0 Å². The number of hydrogen-bond acceptors (Lipinski definition) is 6. The Bertz CT molecular complexity index is 1050. The number of aromatic amines is 1. The van der Waals surface area contributed by atoms with E-state index in [0.717, 1.165) is 11.1 Å². The third-order valence-electron chi connectivity index (χ3n) is 4.09. The first-order chi connectivity index (χ1) is 14.0. The molecule has 0 unspecified atom stereocenters. The molecule has 2 aromatic carbocycles. The Labute approximate surface area is 167 Å². The maximum absolute atomic E-state index is 11.9. The summed E-state index contributed by atoms with van der Waals surface area (Å²) >= 11 is 0. The molecule has 1 aromatic heterocycles. The van der Waals surface area contributed by atoms with Gasteiger partial charge in [-0.2, -0.15) is 4.98 Å². The van der Waals surface area contributed by atoms with Gasteiger partial charge in [0.15, 0.2) is 23.0 Å². The summed E-state index contributed by atoms with van der Waals surface area (Å²) in [4.78, 5) is 18.5. The van der Waals surface area contributed by atoms with Crippen molar-refractivity contribution in [3.8, 4) is 23.0 Å². The minimum absolute atomic E-state index is 0.0530. The Hall–Kier alpha value is -4.00. The lowest BCUT2D eigenvalue weighted by molar-refractivity contribution is 0.373. The summed E-state index contributed by atoms with van der Waals surface area (Å²) in [7, 11) is 2.95. The van der Waals surface area contributed by atoms with E-state index in [1.165, 1.54) is 26.4 Å². The average molecular weight is 392 g/mol. The van der Waals surface area contributed by atoms with Gasteiger partial charge in [0.25, 0.3) is 0 Å². The summed E-state index contributed by atoms with van der Waals surface area (Å²) in [6.07, 6.45) is 6.98. The fourth-order valence-corrected chi connectivity index (χ4v) is 2.63. The van der Waals surface area contributed by atoms with Gasteiger partial charge in [0, 0.05) is 5.69 Å². The van der Waals surface area contributed by atoms with Gasteiger partial charge in [-0.1, -0.05) is 24.3 Å². The first-order valence-electron chi connectivity index (χ1n) is 8.70. The largest absolute Gasteiger partial charge is 0.504 e. The van der Waals surface area contributed by atoms with Crippen LogP contribution in [0.5, 0.6) is 23.0 Å². The van der Waals surface area contributed by atoms with Crippen LogP contribution in [0.2, 0.25) is 0 Å². The lowest BCUT2D eigenvalue weighted by atomic mass is 10.1. The minimum Gasteiger partial charge on any atom is -0.504 e. The van der Waals surface area contributed by atoms with Crippen molar-refractivity contribution in [2.24, 2.45) is 0 Å². The molecule has 0 saturated heterocycles. The molecule has 148 valence electrons. The number of nitrogens with zero attached hydrogens (tertiary/aromatic N) is 1. The first-order valence-corrected chi connectivity index (χ1v) is 8.70. The van der Waals surface area contributed by atoms with Crippen LogP contribution in [0.4, 0.5) is 0 Å². The van der Waals surface area contributed by atoms with E-state index in [-0.39, 0.29) is 11.5 Å². The highest BCUT2D eigenvalue weighted by molar-refractivity contribution is 5.73. The molecule has 7 nitrogen and oxygen atoms in total. The Morgan fingerprint density at radius 3 is 1.93 bits per heavy atom. The van der Waals surface area contributed by atoms with E-state index in [4.69, 9.17) is 9.47 Å². The van der Waals surface area contributed by atoms with Gasteiger partial charge >= 0.3 is 5.69 Å². The van der Waals surface area contributed by atoms with E-state index in [9.17, 15) is 15.0 Å². The van der Waals surface area contributed by atoms with Gasteiger partial charge < -0.3 is 24.7 Å². The molecule has 29 heavy (non-hydrogen) atoms. The summed E-state index contributed by atoms with van der Waals surface area (Å²) < 4.78 is 10.2. The molecule has 0 aliphatic carbocycles. The molecular weight excluding hydrogens is 372 g/mol. The second-order valence-electron chi connectivity index (χ2n) is 6.10. The first kappa shape index (κ1) is 19.8. The summed E-state index contributed by atoms with van der Waals surface area (Å²) in [5.41, 5.74) is 2.16. The molecule has 0 aliphatic rings. The van der Waals surface area contributed by atoms with Crippen molar-refractivity contribution in [2.45, 2.75) is 0 Å². The molecule has 3 aromatic rings. The molecular formula is C22H20N2O5. The third-order valence-corrected chi connectivity index (χ3v) is 4.09. The van der Waals surface area contributed by atoms with Crippen molar-refractivity contribution in [1.82, 2.24) is 9.97 Å². The molecule has 0 spiro atoms. The van der Waals surface area contributed by atoms with Crippen molar-refractivity contribution in [2.75, 3.05) is 14.2 Å². The molecule has 0 amide bonds.